The topological polar surface area (TPSA) is 41.9 Å². The fraction of sp³-hybridized carbons (Fsp3) is 0.300. The van der Waals surface area contributed by atoms with Crippen LogP contribution in [0.25, 0.3) is 12.2 Å². The molecule has 1 N–H and O–H groups in total. The fourth-order valence-corrected chi connectivity index (χ4v) is 4.82. The Balaban J connectivity index is 1.53. The van der Waals surface area contributed by atoms with E-state index in [0.29, 0.717) is 19.0 Å². The van der Waals surface area contributed by atoms with Gasteiger partial charge in [-0.05, 0) is 85.0 Å². The molecule has 4 heteroatoms. The predicted octanol–water partition coefficient (Wildman–Crippen LogP) is 9.23. The normalized spacial score (nSPS) is 11.2. The molecule has 0 amide bonds. The number of hydrogen-bond acceptors (Lipinski definition) is 4. The SMILES string of the molecule is C=CC(C=C)OCCCCN(CCCCOC(C=C)C=C)c1ccc(C=Cc2ccc(CCc3ccc(O)cc3)cc2)cc1. The third-order valence-electron chi connectivity index (χ3n) is 7.54. The Morgan fingerprint density at radius 3 is 1.41 bits per heavy atom. The van der Waals surface area contributed by atoms with Crippen molar-refractivity contribution in [2.24, 2.45) is 0 Å². The van der Waals surface area contributed by atoms with E-state index in [4.69, 9.17) is 9.47 Å². The maximum atomic E-state index is 9.47. The molecule has 44 heavy (non-hydrogen) atoms. The summed E-state index contributed by atoms with van der Waals surface area (Å²) in [5.41, 5.74) is 6.12. The summed E-state index contributed by atoms with van der Waals surface area (Å²) in [6.45, 7) is 18.5. The molecule has 232 valence electrons. The van der Waals surface area contributed by atoms with Crippen molar-refractivity contribution < 1.29 is 14.6 Å². The summed E-state index contributed by atoms with van der Waals surface area (Å²) < 4.78 is 11.6. The number of rotatable bonds is 22. The lowest BCUT2D eigenvalue weighted by Crippen LogP contribution is -2.26. The number of phenols is 1. The van der Waals surface area contributed by atoms with Gasteiger partial charge in [0.05, 0.1) is 12.2 Å². The van der Waals surface area contributed by atoms with Gasteiger partial charge >= 0.3 is 0 Å². The third-order valence-corrected chi connectivity index (χ3v) is 7.54. The van der Waals surface area contributed by atoms with E-state index in [1.165, 1.54) is 27.9 Å². The highest BCUT2D eigenvalue weighted by atomic mass is 16.5. The first kappa shape index (κ1) is 34.4. The van der Waals surface area contributed by atoms with Crippen molar-refractivity contribution in [3.63, 3.8) is 0 Å². The van der Waals surface area contributed by atoms with Crippen LogP contribution in [0.3, 0.4) is 0 Å². The van der Waals surface area contributed by atoms with E-state index in [0.717, 1.165) is 51.6 Å². The first-order chi connectivity index (χ1) is 21.5. The molecule has 0 aromatic heterocycles. The Morgan fingerprint density at radius 1 is 0.568 bits per heavy atom. The summed E-state index contributed by atoms with van der Waals surface area (Å²) in [4.78, 5) is 2.46. The molecule has 3 aromatic carbocycles. The summed E-state index contributed by atoms with van der Waals surface area (Å²) >= 11 is 0. The number of phenolic OH excluding ortho intramolecular Hbond substituents is 1. The Kier molecular flexibility index (Phi) is 15.6. The lowest BCUT2D eigenvalue weighted by molar-refractivity contribution is 0.112. The molecule has 0 atom stereocenters. The van der Waals surface area contributed by atoms with Crippen molar-refractivity contribution in [1.29, 1.82) is 0 Å². The van der Waals surface area contributed by atoms with E-state index in [2.05, 4.69) is 91.9 Å². The van der Waals surface area contributed by atoms with Crippen molar-refractivity contribution in [1.82, 2.24) is 0 Å². The number of anilines is 1. The van der Waals surface area contributed by atoms with Crippen molar-refractivity contribution in [2.45, 2.75) is 50.7 Å². The van der Waals surface area contributed by atoms with Gasteiger partial charge in [0.15, 0.2) is 0 Å². The molecule has 3 aromatic rings. The number of nitrogens with zero attached hydrogens (tertiary/aromatic N) is 1. The predicted molar refractivity (Wildman–Crippen MR) is 188 cm³/mol. The van der Waals surface area contributed by atoms with Crippen molar-refractivity contribution in [3.05, 3.63) is 146 Å². The van der Waals surface area contributed by atoms with Gasteiger partial charge in [-0.3, -0.25) is 0 Å². The molecule has 0 fully saturated rings. The minimum absolute atomic E-state index is 0.0869. The number of aromatic hydroxyl groups is 1. The van der Waals surface area contributed by atoms with Gasteiger partial charge in [0.25, 0.3) is 0 Å². The lowest BCUT2D eigenvalue weighted by atomic mass is 10.0. The van der Waals surface area contributed by atoms with Gasteiger partial charge < -0.3 is 19.5 Å². The quantitative estimate of drug-likeness (QED) is 0.0718. The van der Waals surface area contributed by atoms with Crippen molar-refractivity contribution >= 4 is 17.8 Å². The highest BCUT2D eigenvalue weighted by Gasteiger charge is 2.08. The average Bonchev–Trinajstić information content (AvgIpc) is 3.06. The van der Waals surface area contributed by atoms with E-state index in [9.17, 15) is 5.11 Å². The third kappa shape index (κ3) is 12.6. The number of benzene rings is 3. The standard InChI is InChI=1S/C40H49NO3/c1-5-39(6-2)43-31-11-9-29-41(30-10-12-32-44-40(7-3)8-4)37-25-21-35(22-26-37)19-17-33-13-15-34(16-14-33)18-20-36-23-27-38(42)28-24-36/h5-8,13-17,19,21-28,39-40,42H,1-4,9-12,18,20,29-32H2. The molecule has 0 saturated carbocycles. The zero-order valence-electron chi connectivity index (χ0n) is 26.2. The first-order valence-electron chi connectivity index (χ1n) is 15.7. The first-order valence-corrected chi connectivity index (χ1v) is 15.7. The molecular formula is C40H49NO3. The van der Waals surface area contributed by atoms with E-state index >= 15 is 0 Å². The zero-order chi connectivity index (χ0) is 31.4. The second-order valence-electron chi connectivity index (χ2n) is 10.8. The van der Waals surface area contributed by atoms with E-state index in [-0.39, 0.29) is 12.2 Å². The molecule has 0 aliphatic carbocycles. The van der Waals surface area contributed by atoms with Gasteiger partial charge in [-0.15, -0.1) is 26.3 Å². The molecule has 0 saturated heterocycles. The maximum absolute atomic E-state index is 9.47. The second kappa shape index (κ2) is 20.0. The number of unbranched alkanes of at least 4 members (excludes halogenated alkanes) is 2. The summed E-state index contributed by atoms with van der Waals surface area (Å²) in [5, 5.41) is 9.47. The summed E-state index contributed by atoms with van der Waals surface area (Å²) in [6, 6.07) is 25.0. The van der Waals surface area contributed by atoms with Crippen LogP contribution in [0.1, 0.15) is 47.9 Å². The van der Waals surface area contributed by atoms with Crippen LogP contribution in [0.4, 0.5) is 5.69 Å². The minimum Gasteiger partial charge on any atom is -0.508 e. The molecule has 0 spiro atoms. The fourth-order valence-electron chi connectivity index (χ4n) is 4.82. The van der Waals surface area contributed by atoms with Crippen molar-refractivity contribution in [2.75, 3.05) is 31.2 Å². The Morgan fingerprint density at radius 2 is 0.977 bits per heavy atom. The number of ether oxygens (including phenoxy) is 2. The van der Waals surface area contributed by atoms with Crippen LogP contribution < -0.4 is 4.90 Å². The smallest absolute Gasteiger partial charge is 0.115 e. The van der Waals surface area contributed by atoms with Crippen LogP contribution in [0.2, 0.25) is 0 Å². The maximum Gasteiger partial charge on any atom is 0.115 e. The minimum atomic E-state index is -0.0869. The van der Waals surface area contributed by atoms with Crippen LogP contribution >= 0.6 is 0 Å². The Labute approximate surface area is 265 Å². The zero-order valence-corrected chi connectivity index (χ0v) is 26.2. The summed E-state index contributed by atoms with van der Waals surface area (Å²) in [5.74, 6) is 0.309. The molecule has 0 unspecified atom stereocenters. The molecule has 0 radical (unpaired) electrons. The van der Waals surface area contributed by atoms with Crippen LogP contribution in [0, 0.1) is 0 Å². The highest BCUT2D eigenvalue weighted by Crippen LogP contribution is 2.19. The molecule has 0 aliphatic rings. The molecule has 4 nitrogen and oxygen atoms in total. The molecule has 3 rings (SSSR count). The lowest BCUT2D eigenvalue weighted by Gasteiger charge is -2.25. The van der Waals surface area contributed by atoms with Crippen molar-refractivity contribution in [3.8, 4) is 5.75 Å². The van der Waals surface area contributed by atoms with Gasteiger partial charge in [0.2, 0.25) is 0 Å². The van der Waals surface area contributed by atoms with Crippen LogP contribution in [-0.2, 0) is 22.3 Å². The molecule has 0 aliphatic heterocycles. The van der Waals surface area contributed by atoms with Gasteiger partial charge in [0, 0.05) is 32.0 Å². The van der Waals surface area contributed by atoms with E-state index in [1.54, 1.807) is 36.4 Å². The van der Waals surface area contributed by atoms with Crippen LogP contribution in [-0.4, -0.2) is 43.6 Å². The monoisotopic (exact) mass is 591 g/mol. The Hall–Kier alpha value is -4.12. The van der Waals surface area contributed by atoms with E-state index in [1.807, 2.05) is 12.1 Å². The van der Waals surface area contributed by atoms with E-state index < -0.39 is 0 Å². The molecule has 0 bridgehead atoms. The summed E-state index contributed by atoms with van der Waals surface area (Å²) in [7, 11) is 0. The number of hydrogen-bond donors (Lipinski definition) is 1. The average molecular weight is 592 g/mol. The molecule has 0 heterocycles. The Bertz CT molecular complexity index is 1250. The largest absolute Gasteiger partial charge is 0.508 e. The summed E-state index contributed by atoms with van der Waals surface area (Å²) in [6.07, 6.45) is 17.2. The van der Waals surface area contributed by atoms with Crippen LogP contribution in [0.15, 0.2) is 123 Å². The second-order valence-corrected chi connectivity index (χ2v) is 10.8. The van der Waals surface area contributed by atoms with Gasteiger partial charge in [0.1, 0.15) is 5.75 Å². The van der Waals surface area contributed by atoms with Gasteiger partial charge in [-0.1, -0.05) is 85.0 Å². The van der Waals surface area contributed by atoms with Gasteiger partial charge in [-0.2, -0.15) is 0 Å². The highest BCUT2D eigenvalue weighted by molar-refractivity contribution is 5.70. The molecular weight excluding hydrogens is 542 g/mol. The number of aryl methyl sites for hydroxylation is 2. The van der Waals surface area contributed by atoms with Gasteiger partial charge in [-0.25, -0.2) is 0 Å². The van der Waals surface area contributed by atoms with Crippen LogP contribution in [0.5, 0.6) is 5.75 Å².